The number of ether oxygens (including phenoxy) is 3. The van der Waals surface area contributed by atoms with Crippen LogP contribution in [0.15, 0.2) is 0 Å². The Kier molecular flexibility index (Phi) is 7.87. The molecule has 0 amide bonds. The molecule has 0 bridgehead atoms. The van der Waals surface area contributed by atoms with Crippen LogP contribution >= 0.6 is 0 Å². The van der Waals surface area contributed by atoms with Gasteiger partial charge in [0, 0.05) is 12.8 Å². The zero-order valence-corrected chi connectivity index (χ0v) is 14.5. The summed E-state index contributed by atoms with van der Waals surface area (Å²) in [5.41, 5.74) is 0. The predicted octanol–water partition coefficient (Wildman–Crippen LogP) is 3.10. The number of esters is 2. The van der Waals surface area contributed by atoms with Crippen LogP contribution in [-0.4, -0.2) is 36.9 Å². The Labute approximate surface area is 133 Å². The van der Waals surface area contributed by atoms with Crippen molar-refractivity contribution in [2.24, 2.45) is 11.8 Å². The van der Waals surface area contributed by atoms with Crippen LogP contribution in [0.25, 0.3) is 0 Å². The molecule has 1 fully saturated rings. The van der Waals surface area contributed by atoms with Crippen LogP contribution < -0.4 is 0 Å². The highest BCUT2D eigenvalue weighted by Crippen LogP contribution is 2.33. The molecule has 0 aromatic rings. The molecule has 1 aliphatic rings. The summed E-state index contributed by atoms with van der Waals surface area (Å²) in [6.45, 7) is 9.62. The second kappa shape index (κ2) is 9.13. The highest BCUT2D eigenvalue weighted by atomic mass is 16.6. The van der Waals surface area contributed by atoms with Gasteiger partial charge < -0.3 is 14.2 Å². The van der Waals surface area contributed by atoms with Gasteiger partial charge in [-0.25, -0.2) is 0 Å². The van der Waals surface area contributed by atoms with E-state index >= 15 is 0 Å². The van der Waals surface area contributed by atoms with Gasteiger partial charge in [-0.3, -0.25) is 9.59 Å². The van der Waals surface area contributed by atoms with Crippen LogP contribution in [0.2, 0.25) is 0 Å². The van der Waals surface area contributed by atoms with Crippen molar-refractivity contribution in [3.05, 3.63) is 0 Å². The van der Waals surface area contributed by atoms with Crippen LogP contribution in [0.1, 0.15) is 60.3 Å². The molecule has 128 valence electrons. The molecule has 0 aromatic heterocycles. The Bertz CT molecular complexity index is 368. The Morgan fingerprint density at radius 2 is 1.82 bits per heavy atom. The molecule has 1 saturated heterocycles. The summed E-state index contributed by atoms with van der Waals surface area (Å²) in [7, 11) is 0. The smallest absolute Gasteiger partial charge is 0.311 e. The van der Waals surface area contributed by atoms with Gasteiger partial charge in [-0.05, 0) is 33.1 Å². The largest absolute Gasteiger partial charge is 0.466 e. The molecular formula is C17H30O5. The molecule has 0 spiro atoms. The molecule has 1 rings (SSSR count). The fourth-order valence-corrected chi connectivity index (χ4v) is 3.04. The molecule has 0 aromatic carbocycles. The van der Waals surface area contributed by atoms with Crippen molar-refractivity contribution < 1.29 is 23.8 Å². The third kappa shape index (κ3) is 5.27. The summed E-state index contributed by atoms with van der Waals surface area (Å²) in [5.74, 6) is -0.579. The van der Waals surface area contributed by atoms with Crippen molar-refractivity contribution in [3.8, 4) is 0 Å². The zero-order chi connectivity index (χ0) is 16.7. The molecular weight excluding hydrogens is 284 g/mol. The average molecular weight is 314 g/mol. The van der Waals surface area contributed by atoms with Gasteiger partial charge in [-0.2, -0.15) is 0 Å². The maximum Gasteiger partial charge on any atom is 0.311 e. The van der Waals surface area contributed by atoms with Crippen molar-refractivity contribution in [1.29, 1.82) is 0 Å². The monoisotopic (exact) mass is 314 g/mol. The van der Waals surface area contributed by atoms with E-state index in [1.54, 1.807) is 6.92 Å². The minimum atomic E-state index is -0.254. The molecule has 0 radical (unpaired) electrons. The van der Waals surface area contributed by atoms with Crippen molar-refractivity contribution in [3.63, 3.8) is 0 Å². The number of hydrogen-bond donors (Lipinski definition) is 0. The molecule has 5 heteroatoms. The Morgan fingerprint density at radius 3 is 2.36 bits per heavy atom. The summed E-state index contributed by atoms with van der Waals surface area (Å²) >= 11 is 0. The molecule has 0 aliphatic carbocycles. The molecule has 5 nitrogen and oxygen atoms in total. The standard InChI is InChI=1S/C17H30O5/c1-6-8-14(21-13(5)18)11(3)15-9-10-16(22-15)12(4)17(19)20-7-2/h11-12,14-16H,6-10H2,1-5H3/t11-,12+,14-,15-,16+/m0/s1. The third-order valence-corrected chi connectivity index (χ3v) is 4.36. The maximum atomic E-state index is 11.8. The molecule has 1 aliphatic heterocycles. The quantitative estimate of drug-likeness (QED) is 0.644. The van der Waals surface area contributed by atoms with E-state index < -0.39 is 0 Å². The van der Waals surface area contributed by atoms with Gasteiger partial charge in [0.1, 0.15) is 6.10 Å². The van der Waals surface area contributed by atoms with Gasteiger partial charge >= 0.3 is 11.9 Å². The first-order chi connectivity index (χ1) is 10.4. The van der Waals surface area contributed by atoms with Gasteiger partial charge in [0.15, 0.2) is 0 Å². The Hall–Kier alpha value is -1.10. The van der Waals surface area contributed by atoms with E-state index in [0.29, 0.717) is 6.61 Å². The van der Waals surface area contributed by atoms with Crippen LogP contribution in [0.4, 0.5) is 0 Å². The van der Waals surface area contributed by atoms with Crippen molar-refractivity contribution in [2.75, 3.05) is 6.61 Å². The summed E-state index contributed by atoms with van der Waals surface area (Å²) in [4.78, 5) is 23.1. The second-order valence-electron chi connectivity index (χ2n) is 6.13. The molecule has 1 heterocycles. The van der Waals surface area contributed by atoms with Crippen molar-refractivity contribution in [1.82, 2.24) is 0 Å². The number of carbonyl (C=O) groups is 2. The van der Waals surface area contributed by atoms with Crippen molar-refractivity contribution in [2.45, 2.75) is 78.6 Å². The normalized spacial score (nSPS) is 25.3. The fourth-order valence-electron chi connectivity index (χ4n) is 3.04. The van der Waals surface area contributed by atoms with Gasteiger partial charge in [-0.1, -0.05) is 20.3 Å². The van der Waals surface area contributed by atoms with E-state index in [4.69, 9.17) is 14.2 Å². The van der Waals surface area contributed by atoms with Crippen LogP contribution in [0.5, 0.6) is 0 Å². The first-order valence-electron chi connectivity index (χ1n) is 8.39. The Morgan fingerprint density at radius 1 is 1.18 bits per heavy atom. The molecule has 0 N–H and O–H groups in total. The summed E-state index contributed by atoms with van der Waals surface area (Å²) in [5, 5.41) is 0. The Balaban J connectivity index is 2.59. The van der Waals surface area contributed by atoms with Gasteiger partial charge in [-0.15, -0.1) is 0 Å². The average Bonchev–Trinajstić information content (AvgIpc) is 2.94. The minimum absolute atomic E-state index is 0.0257. The first-order valence-corrected chi connectivity index (χ1v) is 8.39. The molecule has 22 heavy (non-hydrogen) atoms. The van der Waals surface area contributed by atoms with E-state index in [9.17, 15) is 9.59 Å². The summed E-state index contributed by atoms with van der Waals surface area (Å²) in [6.07, 6.45) is 3.31. The second-order valence-corrected chi connectivity index (χ2v) is 6.13. The fraction of sp³-hybridized carbons (Fsp3) is 0.882. The topological polar surface area (TPSA) is 61.8 Å². The van der Waals surface area contributed by atoms with E-state index in [1.165, 1.54) is 6.92 Å². The van der Waals surface area contributed by atoms with E-state index in [2.05, 4.69) is 13.8 Å². The predicted molar refractivity (Wildman–Crippen MR) is 83.3 cm³/mol. The highest BCUT2D eigenvalue weighted by Gasteiger charge is 2.38. The van der Waals surface area contributed by atoms with Gasteiger partial charge in [0.2, 0.25) is 0 Å². The SMILES string of the molecule is CCC[C@H](OC(C)=O)[C@H](C)[C@@H]1CC[C@H]([C@@H](C)C(=O)OCC)O1. The lowest BCUT2D eigenvalue weighted by Crippen LogP contribution is -2.34. The van der Waals surface area contributed by atoms with Crippen LogP contribution in [0, 0.1) is 11.8 Å². The lowest BCUT2D eigenvalue weighted by molar-refractivity contribution is -0.156. The lowest BCUT2D eigenvalue weighted by atomic mass is 9.92. The van der Waals surface area contributed by atoms with Crippen molar-refractivity contribution >= 4 is 11.9 Å². The first kappa shape index (κ1) is 18.9. The molecule has 0 unspecified atom stereocenters. The van der Waals surface area contributed by atoms with E-state index in [0.717, 1.165) is 25.7 Å². The summed E-state index contributed by atoms with van der Waals surface area (Å²) < 4.78 is 16.6. The van der Waals surface area contributed by atoms with Crippen LogP contribution in [-0.2, 0) is 23.8 Å². The minimum Gasteiger partial charge on any atom is -0.466 e. The van der Waals surface area contributed by atoms with E-state index in [1.807, 2.05) is 6.92 Å². The zero-order valence-electron chi connectivity index (χ0n) is 14.5. The number of carbonyl (C=O) groups excluding carboxylic acids is 2. The maximum absolute atomic E-state index is 11.8. The van der Waals surface area contributed by atoms with Crippen LogP contribution in [0.3, 0.4) is 0 Å². The van der Waals surface area contributed by atoms with Gasteiger partial charge in [0.25, 0.3) is 0 Å². The third-order valence-electron chi connectivity index (χ3n) is 4.36. The number of hydrogen-bond acceptors (Lipinski definition) is 5. The molecule has 0 saturated carbocycles. The summed E-state index contributed by atoms with van der Waals surface area (Å²) in [6, 6.07) is 0. The van der Waals surface area contributed by atoms with Gasteiger partial charge in [0.05, 0.1) is 24.7 Å². The lowest BCUT2D eigenvalue weighted by Gasteiger charge is -2.28. The highest BCUT2D eigenvalue weighted by molar-refractivity contribution is 5.72. The van der Waals surface area contributed by atoms with E-state index in [-0.39, 0.29) is 42.1 Å². The molecule has 5 atom stereocenters. The number of rotatable bonds is 8.